The fraction of sp³-hybridized carbons (Fsp3) is 0.602. The molecule has 2 aromatic carbocycles. The molecule has 0 radical (unpaired) electrons. The van der Waals surface area contributed by atoms with Gasteiger partial charge in [0.15, 0.2) is 11.1 Å². The van der Waals surface area contributed by atoms with E-state index in [0.717, 1.165) is 24.5 Å². The number of rotatable bonds is 69. The number of para-hydroxylation sites is 1. The van der Waals surface area contributed by atoms with Crippen LogP contribution >= 0.6 is 7.60 Å². The number of hydrogen-bond donors (Lipinski definition) is 13. The van der Waals surface area contributed by atoms with Gasteiger partial charge in [-0.15, -0.1) is 5.10 Å². The zero-order valence-corrected chi connectivity index (χ0v) is 73.6. The second-order valence-corrected chi connectivity index (χ2v) is 33.8. The van der Waals surface area contributed by atoms with Gasteiger partial charge < -0.3 is 92.0 Å². The van der Waals surface area contributed by atoms with Crippen LogP contribution in [0, 0.1) is 18.3 Å². The fourth-order valence-electron chi connectivity index (χ4n) is 13.7. The monoisotopic (exact) mass is 1780 g/mol. The number of aliphatic hydroxyl groups is 1. The minimum Gasteiger partial charge on any atom is -0.481 e. The number of unbranched alkanes of at least 4 members (excludes halogenated alkanes) is 4. The fourth-order valence-corrected chi connectivity index (χ4v) is 14.2. The zero-order chi connectivity index (χ0) is 91.8. The Morgan fingerprint density at radius 3 is 1.87 bits per heavy atom. The zero-order valence-electron chi connectivity index (χ0n) is 72.7. The summed E-state index contributed by atoms with van der Waals surface area (Å²) in [5.41, 5.74) is 8.25. The number of carboxylic acids is 1. The number of nitrogens with two attached hydrogens (primary N) is 1. The molecule has 2 heterocycles. The van der Waals surface area contributed by atoms with Crippen LogP contribution < -0.4 is 48.3 Å². The molecule has 0 saturated heterocycles. The van der Waals surface area contributed by atoms with E-state index in [0.29, 0.717) is 113 Å². The molecule has 4 atom stereocenters. The van der Waals surface area contributed by atoms with Crippen molar-refractivity contribution < 1.29 is 115 Å². The van der Waals surface area contributed by atoms with Gasteiger partial charge in [0.05, 0.1) is 57.3 Å². The SMILES string of the molecule is Cc1ccccc1NC(=O)Nc1ccc(CC(=O)C[C@@H](CCCCNC(=O)/C=C/c2cccnc2)C(=O)N[C@@H](CCCC(=O)O)C(=O)CC2(C(=O)NCCOCCOCCCC(=O)CCC(=O)NCCOCCOCCCC(=O)CCC(=O)N[C@@H](CCCCNC(=O)CCCCn3cc(COC(=O)CCCCC(C)(O)P(=O)(O)O)nn3)C(N)=O)CCCCC2)cc1. The van der Waals surface area contributed by atoms with E-state index in [1.807, 2.05) is 25.1 Å². The third-order valence-electron chi connectivity index (χ3n) is 21.1. The van der Waals surface area contributed by atoms with Gasteiger partial charge >= 0.3 is 25.6 Å². The predicted octanol–water partition coefficient (Wildman–Crippen LogP) is 7.57. The molecule has 37 nitrogen and oxygen atoms in total. The number of aryl methyl sites for hydroxylation is 2. The number of benzene rings is 2. The number of ether oxygens (including phenoxy) is 5. The standard InChI is InChI=1S/C88H130N13O24P/c1-64-20-4-5-25-73(64)98-86(116)95-68-34-31-65(32-35-68)58-72(104)59-67(22-7-13-45-92-78(107)38-33-66-21-17-44-90-61-66)84(114)97-74(27-16-29-81(110)111)76(105)60-88(42-10-3-11-43-88)85(115)94-48-53-124-57-55-122-50-18-23-70(102)36-39-79(108)93-47-52-123-56-54-121-51-19-24-71(103)37-40-80(109)96-75(83(89)113)26-8-14-46-91-77(106)28-9-15-49-101-62-69(99-100-101)63-125-82(112)30-6-12-41-87(2,117)126(118,119)120/h4-5,17,20-21,25,31-35,38,44,61-62,67,74-75,117H,3,6-16,18-19,22-24,26-30,36-37,39-43,45-60,63H2,1-2H3,(H2,89,113)(H,91,106)(H,92,107)(H,93,108)(H,94,115)(H,96,109)(H,97,114)(H,110,111)(H2,95,98,116)(H2,118,119,120)/b38-33+/t67-,74+,75+,87?/m1/s1. The third kappa shape index (κ3) is 46.2. The number of esters is 1. The molecular weight excluding hydrogens is 1650 g/mol. The molecule has 0 aliphatic heterocycles. The summed E-state index contributed by atoms with van der Waals surface area (Å²) in [5.74, 6) is -6.38. The summed E-state index contributed by atoms with van der Waals surface area (Å²) in [6.07, 6.45) is 15.5. The second kappa shape index (κ2) is 60.3. The number of aromatic nitrogens is 4. The molecule has 14 N–H and O–H groups in total. The van der Waals surface area contributed by atoms with Crippen molar-refractivity contribution in [2.45, 2.75) is 250 Å². The average Bonchev–Trinajstić information content (AvgIpc) is 0.900. The molecular formula is C88H130N13O24P. The Hall–Kier alpha value is -10.4. The number of hydrogen-bond acceptors (Lipinski definition) is 24. The summed E-state index contributed by atoms with van der Waals surface area (Å²) in [7, 11) is -4.69. The summed E-state index contributed by atoms with van der Waals surface area (Å²) in [5, 5.41) is 47.7. The number of urea groups is 1. The van der Waals surface area contributed by atoms with Crippen LogP contribution in [-0.2, 0) is 110 Å². The van der Waals surface area contributed by atoms with Crippen LogP contribution in [0.4, 0.5) is 16.2 Å². The maximum absolute atomic E-state index is 14.6. The molecule has 9 amide bonds. The average molecular weight is 1790 g/mol. The summed E-state index contributed by atoms with van der Waals surface area (Å²) in [6, 6.07) is 15.1. The van der Waals surface area contributed by atoms with E-state index in [1.165, 1.54) is 6.08 Å². The van der Waals surface area contributed by atoms with E-state index >= 15 is 0 Å². The van der Waals surface area contributed by atoms with Gasteiger partial charge in [-0.2, -0.15) is 0 Å². The van der Waals surface area contributed by atoms with Crippen LogP contribution in [0.5, 0.6) is 0 Å². The number of aliphatic carboxylic acids is 1. The molecule has 696 valence electrons. The molecule has 1 aliphatic rings. The lowest BCUT2D eigenvalue weighted by atomic mass is 9.69. The lowest BCUT2D eigenvalue weighted by molar-refractivity contribution is -0.145. The van der Waals surface area contributed by atoms with Crippen molar-refractivity contribution in [2.75, 3.05) is 89.7 Å². The van der Waals surface area contributed by atoms with Crippen LogP contribution in [0.1, 0.15) is 228 Å². The maximum Gasteiger partial charge on any atom is 0.356 e. The predicted molar refractivity (Wildman–Crippen MR) is 465 cm³/mol. The summed E-state index contributed by atoms with van der Waals surface area (Å²) in [6.45, 7) is 6.03. The van der Waals surface area contributed by atoms with Gasteiger partial charge in [0.25, 0.3) is 0 Å². The molecule has 1 fully saturated rings. The lowest BCUT2D eigenvalue weighted by Crippen LogP contribution is -2.49. The van der Waals surface area contributed by atoms with Crippen molar-refractivity contribution in [1.82, 2.24) is 51.9 Å². The highest BCUT2D eigenvalue weighted by Crippen LogP contribution is 2.51. The van der Waals surface area contributed by atoms with Crippen molar-refractivity contribution in [2.24, 2.45) is 17.1 Å². The van der Waals surface area contributed by atoms with Crippen LogP contribution in [-0.4, -0.2) is 219 Å². The highest BCUT2D eigenvalue weighted by molar-refractivity contribution is 7.53. The molecule has 1 unspecified atom stereocenters. The number of nitrogens with one attached hydrogen (secondary N) is 8. The molecule has 0 spiro atoms. The number of pyridine rings is 1. The van der Waals surface area contributed by atoms with Gasteiger partial charge in [0, 0.05) is 159 Å². The first-order valence-electron chi connectivity index (χ1n) is 43.6. The molecule has 0 bridgehead atoms. The molecule has 2 aromatic heterocycles. The highest BCUT2D eigenvalue weighted by Gasteiger charge is 2.43. The number of primary amides is 1. The van der Waals surface area contributed by atoms with Crippen LogP contribution in [0.2, 0.25) is 0 Å². The van der Waals surface area contributed by atoms with Crippen molar-refractivity contribution in [3.63, 3.8) is 0 Å². The molecule has 126 heavy (non-hydrogen) atoms. The Kier molecular flexibility index (Phi) is 50.8. The Morgan fingerprint density at radius 2 is 1.22 bits per heavy atom. The van der Waals surface area contributed by atoms with Crippen molar-refractivity contribution in [3.8, 4) is 0 Å². The van der Waals surface area contributed by atoms with Crippen molar-refractivity contribution >= 4 is 107 Å². The van der Waals surface area contributed by atoms with E-state index in [4.69, 9.17) is 29.4 Å². The van der Waals surface area contributed by atoms with E-state index in [1.54, 1.807) is 71.8 Å². The lowest BCUT2D eigenvalue weighted by Gasteiger charge is -2.36. The first-order chi connectivity index (χ1) is 60.4. The highest BCUT2D eigenvalue weighted by atomic mass is 31.2. The molecule has 38 heteroatoms. The second-order valence-electron chi connectivity index (χ2n) is 31.7. The minimum atomic E-state index is -4.69. The van der Waals surface area contributed by atoms with E-state index in [2.05, 4.69) is 57.8 Å². The van der Waals surface area contributed by atoms with Crippen molar-refractivity contribution in [3.05, 3.63) is 108 Å². The van der Waals surface area contributed by atoms with Gasteiger partial charge in [0.2, 0.25) is 41.4 Å². The summed E-state index contributed by atoms with van der Waals surface area (Å²) < 4.78 is 40.5. The smallest absolute Gasteiger partial charge is 0.356 e. The summed E-state index contributed by atoms with van der Waals surface area (Å²) >= 11 is 0. The number of Topliss-reactive ketones (excluding diaryl/α,β-unsaturated/α-hetero) is 4. The van der Waals surface area contributed by atoms with Gasteiger partial charge in [0.1, 0.15) is 35.7 Å². The van der Waals surface area contributed by atoms with Gasteiger partial charge in [-0.3, -0.25) is 76.6 Å². The minimum absolute atomic E-state index is 0.00300. The van der Waals surface area contributed by atoms with E-state index in [9.17, 15) is 91.7 Å². The first kappa shape index (κ1) is 106. The van der Waals surface area contributed by atoms with Crippen LogP contribution in [0.3, 0.4) is 0 Å². The maximum atomic E-state index is 14.6. The molecule has 4 aromatic rings. The number of ketones is 4. The van der Waals surface area contributed by atoms with Crippen molar-refractivity contribution in [1.29, 1.82) is 0 Å². The number of anilines is 2. The normalized spacial score (nSPS) is 13.7. The Bertz CT molecular complexity index is 4160. The van der Waals surface area contributed by atoms with E-state index < -0.39 is 77.8 Å². The molecule has 5 rings (SSSR count). The quantitative estimate of drug-likeness (QED) is 0.00877. The Balaban J connectivity index is 0.874. The first-order valence-corrected chi connectivity index (χ1v) is 45.2. The van der Waals surface area contributed by atoms with Gasteiger partial charge in [-0.1, -0.05) is 67.3 Å². The van der Waals surface area contributed by atoms with Crippen LogP contribution in [0.25, 0.3) is 6.08 Å². The largest absolute Gasteiger partial charge is 0.481 e. The topological polar surface area (TPSA) is 549 Å². The number of amides is 9. The third-order valence-corrected chi connectivity index (χ3v) is 22.5. The Morgan fingerprint density at radius 1 is 0.603 bits per heavy atom. The number of carbonyl (C=O) groups is 14. The number of carboxylic acid groups (broad SMARTS) is 1. The molecule has 1 aliphatic carbocycles. The van der Waals surface area contributed by atoms with E-state index in [-0.39, 0.29) is 242 Å². The summed E-state index contributed by atoms with van der Waals surface area (Å²) in [4.78, 5) is 203. The van der Waals surface area contributed by atoms with Gasteiger partial charge in [-0.05, 0) is 164 Å². The van der Waals surface area contributed by atoms with Gasteiger partial charge in [-0.25, -0.2) is 4.79 Å². The number of nitrogens with zero attached hydrogens (tertiary/aromatic N) is 4. The Labute approximate surface area is 735 Å². The van der Waals surface area contributed by atoms with Crippen LogP contribution in [0.15, 0.2) is 85.3 Å². The molecule has 1 saturated carbocycles. The number of carbonyl (C=O) groups excluding carboxylic acids is 13.